The molecule has 0 aromatic heterocycles. The smallest absolute Gasteiger partial charge is 0.228 e. The summed E-state index contributed by atoms with van der Waals surface area (Å²) in [6.07, 6.45) is 6.00. The van der Waals surface area contributed by atoms with Crippen LogP contribution in [0.25, 0.3) is 0 Å². The van der Waals surface area contributed by atoms with Gasteiger partial charge in [-0.05, 0) is 57.4 Å². The first-order chi connectivity index (χ1) is 11.0. The van der Waals surface area contributed by atoms with Crippen molar-refractivity contribution < 1.29 is 9.59 Å². The van der Waals surface area contributed by atoms with Crippen molar-refractivity contribution in [3.8, 4) is 0 Å². The lowest BCUT2D eigenvalue weighted by Crippen LogP contribution is -2.42. The van der Waals surface area contributed by atoms with E-state index in [0.717, 1.165) is 31.7 Å². The zero-order valence-corrected chi connectivity index (χ0v) is 14.5. The Morgan fingerprint density at radius 2 is 1.87 bits per heavy atom. The highest BCUT2D eigenvalue weighted by Crippen LogP contribution is 2.33. The van der Waals surface area contributed by atoms with Crippen LogP contribution in [0, 0.1) is 17.8 Å². The third-order valence-corrected chi connectivity index (χ3v) is 6.21. The molecule has 0 aromatic carbocycles. The van der Waals surface area contributed by atoms with Gasteiger partial charge in [-0.1, -0.05) is 6.92 Å². The number of nitrogens with zero attached hydrogens (tertiary/aromatic N) is 2. The third kappa shape index (κ3) is 3.39. The first-order valence-corrected chi connectivity index (χ1v) is 9.29. The van der Waals surface area contributed by atoms with E-state index in [2.05, 4.69) is 13.8 Å². The van der Waals surface area contributed by atoms with Crippen LogP contribution >= 0.6 is 0 Å². The van der Waals surface area contributed by atoms with Crippen LogP contribution in [0.15, 0.2) is 0 Å². The highest BCUT2D eigenvalue weighted by atomic mass is 16.2. The van der Waals surface area contributed by atoms with Crippen LogP contribution in [0.1, 0.15) is 52.4 Å². The molecule has 2 aliphatic heterocycles. The van der Waals surface area contributed by atoms with Gasteiger partial charge in [0.2, 0.25) is 11.8 Å². The molecule has 2 heterocycles. The van der Waals surface area contributed by atoms with Crippen molar-refractivity contribution in [1.29, 1.82) is 0 Å². The van der Waals surface area contributed by atoms with Crippen LogP contribution in [0.2, 0.25) is 0 Å². The normalized spacial score (nSPS) is 38.4. The van der Waals surface area contributed by atoms with Crippen LogP contribution in [-0.2, 0) is 9.59 Å². The first kappa shape index (κ1) is 16.7. The molecule has 0 bridgehead atoms. The van der Waals surface area contributed by atoms with Crippen LogP contribution in [0.5, 0.6) is 0 Å². The largest absolute Gasteiger partial charge is 0.339 e. The Bertz CT molecular complexity index is 459. The second-order valence-electron chi connectivity index (χ2n) is 8.04. The zero-order chi connectivity index (χ0) is 16.6. The molecule has 0 spiro atoms. The van der Waals surface area contributed by atoms with E-state index in [0.29, 0.717) is 31.5 Å². The van der Waals surface area contributed by atoms with Gasteiger partial charge in [0.25, 0.3) is 0 Å². The zero-order valence-electron chi connectivity index (χ0n) is 14.5. The van der Waals surface area contributed by atoms with Crippen molar-refractivity contribution in [2.24, 2.45) is 23.5 Å². The molecule has 1 saturated carbocycles. The molecule has 130 valence electrons. The minimum Gasteiger partial charge on any atom is -0.339 e. The van der Waals surface area contributed by atoms with Crippen molar-refractivity contribution in [3.05, 3.63) is 0 Å². The van der Waals surface area contributed by atoms with Gasteiger partial charge in [-0.2, -0.15) is 0 Å². The highest BCUT2D eigenvalue weighted by Gasteiger charge is 2.42. The van der Waals surface area contributed by atoms with Gasteiger partial charge >= 0.3 is 0 Å². The van der Waals surface area contributed by atoms with Crippen molar-refractivity contribution >= 4 is 11.8 Å². The summed E-state index contributed by atoms with van der Waals surface area (Å²) in [5.41, 5.74) is 5.76. The Labute approximate surface area is 139 Å². The molecule has 2 N–H and O–H groups in total. The molecule has 5 heteroatoms. The van der Waals surface area contributed by atoms with Crippen molar-refractivity contribution in [2.45, 2.75) is 64.5 Å². The van der Waals surface area contributed by atoms with Crippen LogP contribution in [0.3, 0.4) is 0 Å². The van der Waals surface area contributed by atoms with Crippen LogP contribution < -0.4 is 5.73 Å². The number of carbonyl (C=O) groups is 2. The van der Waals surface area contributed by atoms with E-state index in [1.54, 1.807) is 0 Å². The first-order valence-electron chi connectivity index (χ1n) is 9.29. The quantitative estimate of drug-likeness (QED) is 0.859. The molecular weight excluding hydrogens is 290 g/mol. The summed E-state index contributed by atoms with van der Waals surface area (Å²) in [6, 6.07) is 0.625. The molecule has 0 radical (unpaired) electrons. The average molecular weight is 321 g/mol. The Morgan fingerprint density at radius 3 is 2.48 bits per heavy atom. The van der Waals surface area contributed by atoms with E-state index < -0.39 is 0 Å². The molecular formula is C18H31N3O2. The number of hydrogen-bond donors (Lipinski definition) is 1. The van der Waals surface area contributed by atoms with Crippen molar-refractivity contribution in [2.75, 3.05) is 19.6 Å². The van der Waals surface area contributed by atoms with Crippen molar-refractivity contribution in [1.82, 2.24) is 9.80 Å². The lowest BCUT2D eigenvalue weighted by atomic mass is 9.86. The molecule has 2 saturated heterocycles. The molecule has 0 aromatic rings. The van der Waals surface area contributed by atoms with E-state index in [-0.39, 0.29) is 23.8 Å². The fourth-order valence-corrected chi connectivity index (χ4v) is 4.66. The summed E-state index contributed by atoms with van der Waals surface area (Å²) in [6.45, 7) is 6.43. The molecule has 23 heavy (non-hydrogen) atoms. The maximum atomic E-state index is 12.9. The molecule has 2 amide bonds. The van der Waals surface area contributed by atoms with Gasteiger partial charge in [-0.25, -0.2) is 0 Å². The lowest BCUT2D eigenvalue weighted by molar-refractivity contribution is -0.136. The predicted octanol–water partition coefficient (Wildman–Crippen LogP) is 1.61. The van der Waals surface area contributed by atoms with Crippen LogP contribution in [0.4, 0.5) is 0 Å². The monoisotopic (exact) mass is 321 g/mol. The average Bonchev–Trinajstić information content (AvgIpc) is 3.10. The summed E-state index contributed by atoms with van der Waals surface area (Å²) in [7, 11) is 0. The van der Waals surface area contributed by atoms with E-state index in [9.17, 15) is 9.59 Å². The second kappa shape index (κ2) is 6.80. The van der Waals surface area contributed by atoms with E-state index in [1.165, 1.54) is 12.8 Å². The summed E-state index contributed by atoms with van der Waals surface area (Å²) < 4.78 is 0. The number of likely N-dealkylation sites (tertiary alicyclic amines) is 2. The van der Waals surface area contributed by atoms with Gasteiger partial charge in [-0.3, -0.25) is 9.59 Å². The molecule has 3 rings (SSSR count). The number of nitrogens with two attached hydrogens (primary N) is 1. The molecule has 3 atom stereocenters. The SMILES string of the molecule is CC1CCC(N2CC(C(=O)N3CC(CN)CC3C)CC2=O)CC1. The van der Waals surface area contributed by atoms with Gasteiger partial charge in [0.05, 0.1) is 5.92 Å². The summed E-state index contributed by atoms with van der Waals surface area (Å²) in [5, 5.41) is 0. The third-order valence-electron chi connectivity index (χ3n) is 6.21. The number of rotatable bonds is 3. The molecule has 1 aliphatic carbocycles. The molecule has 3 unspecified atom stereocenters. The second-order valence-corrected chi connectivity index (χ2v) is 8.04. The summed E-state index contributed by atoms with van der Waals surface area (Å²) >= 11 is 0. The maximum Gasteiger partial charge on any atom is 0.228 e. The van der Waals surface area contributed by atoms with Gasteiger partial charge in [0.15, 0.2) is 0 Å². The van der Waals surface area contributed by atoms with Crippen LogP contribution in [-0.4, -0.2) is 53.3 Å². The van der Waals surface area contributed by atoms with E-state index >= 15 is 0 Å². The fraction of sp³-hybridized carbons (Fsp3) is 0.889. The Kier molecular flexibility index (Phi) is 4.95. The van der Waals surface area contributed by atoms with Crippen molar-refractivity contribution in [3.63, 3.8) is 0 Å². The Morgan fingerprint density at radius 1 is 1.17 bits per heavy atom. The van der Waals surface area contributed by atoms with Gasteiger partial charge in [0.1, 0.15) is 0 Å². The lowest BCUT2D eigenvalue weighted by Gasteiger charge is -2.34. The molecule has 3 aliphatic rings. The minimum atomic E-state index is -0.138. The van der Waals surface area contributed by atoms with Gasteiger partial charge < -0.3 is 15.5 Å². The number of amides is 2. The maximum absolute atomic E-state index is 12.9. The Hall–Kier alpha value is -1.10. The molecule has 5 nitrogen and oxygen atoms in total. The summed E-state index contributed by atoms with van der Waals surface area (Å²) in [5.74, 6) is 1.42. The highest BCUT2D eigenvalue weighted by molar-refractivity contribution is 5.89. The molecule has 3 fully saturated rings. The number of carbonyl (C=O) groups excluding carboxylic acids is 2. The van der Waals surface area contributed by atoms with E-state index in [1.807, 2.05) is 9.80 Å². The van der Waals surface area contributed by atoms with Gasteiger partial charge in [0, 0.05) is 31.6 Å². The standard InChI is InChI=1S/C18H31N3O2/c1-12-3-5-16(6-4-12)21-11-15(8-17(21)22)18(23)20-10-14(9-19)7-13(20)2/h12-16H,3-11,19H2,1-2H3. The Balaban J connectivity index is 1.60. The fourth-order valence-electron chi connectivity index (χ4n) is 4.66. The van der Waals surface area contributed by atoms with E-state index in [4.69, 9.17) is 5.73 Å². The number of hydrogen-bond acceptors (Lipinski definition) is 3. The summed E-state index contributed by atoms with van der Waals surface area (Å²) in [4.78, 5) is 29.3. The minimum absolute atomic E-state index is 0.138. The van der Waals surface area contributed by atoms with Gasteiger partial charge in [-0.15, -0.1) is 0 Å². The topological polar surface area (TPSA) is 66.6 Å². The predicted molar refractivity (Wildman–Crippen MR) is 89.6 cm³/mol.